The van der Waals surface area contributed by atoms with E-state index in [1.54, 1.807) is 100 Å². The Balaban J connectivity index is 0.000000294. The van der Waals surface area contributed by atoms with Gasteiger partial charge in [0.05, 0.1) is 46.7 Å². The Kier molecular flexibility index (Phi) is 27.5. The number of benzene rings is 7. The molecule has 7 rings (SSSR count). The molecule has 0 radical (unpaired) electrons. The van der Waals surface area contributed by atoms with Crippen molar-refractivity contribution in [2.45, 2.75) is 150 Å². The smallest absolute Gasteiger partial charge is 0.306 e. The van der Waals surface area contributed by atoms with Gasteiger partial charge in [0, 0.05) is 18.2 Å². The zero-order valence-electron chi connectivity index (χ0n) is 52.5. The minimum Gasteiger partial charge on any atom is -0.508 e. The van der Waals surface area contributed by atoms with Crippen molar-refractivity contribution >= 4 is 56.4 Å². The first kappa shape index (κ1) is 74.4. The van der Waals surface area contributed by atoms with Crippen LogP contribution in [0.15, 0.2) is 180 Å². The summed E-state index contributed by atoms with van der Waals surface area (Å²) in [4.78, 5) is 0.172. The van der Waals surface area contributed by atoms with Crippen LogP contribution in [0.4, 0.5) is 0 Å². The van der Waals surface area contributed by atoms with Crippen LogP contribution in [0.5, 0.6) is 28.7 Å². The van der Waals surface area contributed by atoms with E-state index in [-0.39, 0.29) is 77.5 Å². The second-order valence-corrected chi connectivity index (χ2v) is 30.8. The largest absolute Gasteiger partial charge is 0.508 e. The molecule has 90 heavy (non-hydrogen) atoms. The van der Waals surface area contributed by atoms with Crippen molar-refractivity contribution < 1.29 is 75.6 Å². The summed E-state index contributed by atoms with van der Waals surface area (Å²) >= 11 is 3.29. The third kappa shape index (κ3) is 26.9. The van der Waals surface area contributed by atoms with Crippen LogP contribution in [-0.2, 0) is 60.8 Å². The highest BCUT2D eigenvalue weighted by Gasteiger charge is 2.23. The van der Waals surface area contributed by atoms with E-state index in [9.17, 15) is 54.1 Å². The molecule has 5 unspecified atom stereocenters. The van der Waals surface area contributed by atoms with E-state index in [1.807, 2.05) is 60.7 Å². The Hall–Kier alpha value is -6.34. The molecule has 0 aliphatic rings. The second kappa shape index (κ2) is 33.3. The lowest BCUT2D eigenvalue weighted by molar-refractivity contribution is 0.0555. The van der Waals surface area contributed by atoms with Crippen molar-refractivity contribution in [2.75, 3.05) is 25.7 Å². The first-order valence-electron chi connectivity index (χ1n) is 29.2. The quantitative estimate of drug-likeness (QED) is 0.0251. The number of hydrogen-bond donors (Lipinski definition) is 4. The lowest BCUT2D eigenvalue weighted by atomic mass is 9.79. The van der Waals surface area contributed by atoms with Crippen molar-refractivity contribution in [3.8, 4) is 28.7 Å². The third-order valence-electron chi connectivity index (χ3n) is 14.5. The van der Waals surface area contributed by atoms with Gasteiger partial charge in [-0.15, -0.1) is 0 Å². The normalized spacial score (nSPS) is 13.9. The topological polar surface area (TPSA) is 264 Å². The monoisotopic (exact) mass is 1380 g/mol. The Bertz CT molecular complexity index is 3780. The Morgan fingerprint density at radius 1 is 0.411 bits per heavy atom. The lowest BCUT2D eigenvalue weighted by Gasteiger charge is -2.25. The van der Waals surface area contributed by atoms with Crippen LogP contribution in [0.3, 0.4) is 0 Å². The van der Waals surface area contributed by atoms with Crippen LogP contribution >= 0.6 is 15.9 Å². The Morgan fingerprint density at radius 2 is 0.711 bits per heavy atom. The predicted molar refractivity (Wildman–Crippen MR) is 355 cm³/mol. The van der Waals surface area contributed by atoms with Crippen molar-refractivity contribution in [2.24, 2.45) is 0 Å². The molecule has 0 aliphatic heterocycles. The van der Waals surface area contributed by atoms with E-state index >= 15 is 0 Å². The minimum atomic E-state index is -3.92. The molecule has 0 amide bonds. The Labute approximate surface area is 541 Å². The first-order chi connectivity index (χ1) is 42.0. The molecular formula is C68H85BrO17S4. The van der Waals surface area contributed by atoms with Gasteiger partial charge in [-0.2, -0.15) is 33.7 Å². The van der Waals surface area contributed by atoms with E-state index in [0.717, 1.165) is 65.2 Å². The van der Waals surface area contributed by atoms with Crippen molar-refractivity contribution in [3.05, 3.63) is 209 Å². The SMILES string of the molecule is CC(C)(O)CCOS(=O)(=O)c1ccc(CBr)cc1.CC(CC(C)c1ccc(OS(C)(=O)=O)cc1)c1ccc(O)cc1.CC(CC(CC(C)c1ccc(OS(C)(=O)=O)cc1)c1ccc(O)cc1)c1ccc(OCc2ccc(S(=O)(=O)OCCC(C)(C)O)cc2)cc1. The summed E-state index contributed by atoms with van der Waals surface area (Å²) in [6.45, 7) is 15.2. The van der Waals surface area contributed by atoms with Crippen molar-refractivity contribution in [1.82, 2.24) is 0 Å². The molecule has 0 aliphatic carbocycles. The van der Waals surface area contributed by atoms with Gasteiger partial charge in [-0.1, -0.05) is 129 Å². The van der Waals surface area contributed by atoms with Gasteiger partial charge in [0.2, 0.25) is 0 Å². The number of alkyl halides is 1. The van der Waals surface area contributed by atoms with Crippen molar-refractivity contribution in [3.63, 3.8) is 0 Å². The molecule has 17 nitrogen and oxygen atoms in total. The molecule has 0 saturated carbocycles. The number of ether oxygens (including phenoxy) is 1. The lowest BCUT2D eigenvalue weighted by Crippen LogP contribution is -2.22. The number of aromatic hydroxyl groups is 2. The number of rotatable bonds is 29. The van der Waals surface area contributed by atoms with Crippen LogP contribution < -0.4 is 13.1 Å². The van der Waals surface area contributed by atoms with Crippen LogP contribution in [-0.4, -0.2) is 91.0 Å². The molecule has 490 valence electrons. The predicted octanol–water partition coefficient (Wildman–Crippen LogP) is 14.1. The first-order valence-corrected chi connectivity index (χ1v) is 36.8. The van der Waals surface area contributed by atoms with Gasteiger partial charge >= 0.3 is 20.2 Å². The molecule has 0 aromatic heterocycles. The highest BCUT2D eigenvalue weighted by atomic mass is 79.9. The number of phenols is 2. The average molecular weight is 1380 g/mol. The van der Waals surface area contributed by atoms with Crippen LogP contribution in [0, 0.1) is 0 Å². The molecule has 4 N–H and O–H groups in total. The standard InChI is InChI=1S/C38H46O9S2.C18H22O4S.C12H17BrO4S/c1-27(24-33(32-8-14-34(39)15-9-32)25-28(2)31-12-18-36(19-13-31)47-48(5,41)42)30-10-16-35(17-11-30)45-26-29-6-20-37(21-7-29)49(43,44)46-23-22-38(3,4)40;1-13(15-4-8-17(19)9-5-15)12-14(2)16-6-10-18(11-7-16)22-23(3,20)21;1-12(2,14)7-8-17-18(15,16)11-5-3-10(9-13)4-6-11/h6-21,27-28,33,39-40H,22-26H2,1-5H3;4-11,13-14,19H,12H2,1-3H3;3-6,14H,7-9H2,1-2H3. The summed E-state index contributed by atoms with van der Waals surface area (Å²) in [6.07, 6.45) is 5.16. The second-order valence-electron chi connectivity index (χ2n) is 23.9. The maximum Gasteiger partial charge on any atom is 0.306 e. The van der Waals surface area contributed by atoms with Gasteiger partial charge in [-0.25, -0.2) is 0 Å². The summed E-state index contributed by atoms with van der Waals surface area (Å²) in [5.41, 5.74) is 5.53. The maximum atomic E-state index is 12.5. The number of aliphatic hydroxyl groups is 2. The molecule has 22 heteroatoms. The molecule has 0 bridgehead atoms. The zero-order chi connectivity index (χ0) is 66.7. The van der Waals surface area contributed by atoms with E-state index in [2.05, 4.69) is 55.8 Å². The van der Waals surface area contributed by atoms with Crippen LogP contribution in [0.1, 0.15) is 156 Å². The number of halogens is 1. The van der Waals surface area contributed by atoms with Crippen LogP contribution in [0.25, 0.3) is 0 Å². The molecule has 5 atom stereocenters. The summed E-state index contributed by atoms with van der Waals surface area (Å²) in [6, 6.07) is 49.7. The highest BCUT2D eigenvalue weighted by Crippen LogP contribution is 2.39. The zero-order valence-corrected chi connectivity index (χ0v) is 57.4. The van der Waals surface area contributed by atoms with E-state index in [0.29, 0.717) is 28.7 Å². The number of hydrogen-bond acceptors (Lipinski definition) is 17. The molecule has 0 saturated heterocycles. The van der Waals surface area contributed by atoms with Gasteiger partial charge in [-0.05, 0) is 200 Å². The van der Waals surface area contributed by atoms with E-state index in [1.165, 1.54) is 29.8 Å². The fourth-order valence-corrected chi connectivity index (χ4v) is 12.5. The fraction of sp³-hybridized carbons (Fsp3) is 0.382. The molecule has 0 fully saturated rings. The molecule has 0 heterocycles. The van der Waals surface area contributed by atoms with E-state index in [4.69, 9.17) is 21.5 Å². The van der Waals surface area contributed by atoms with Crippen LogP contribution in [0.2, 0.25) is 0 Å². The van der Waals surface area contributed by atoms with Gasteiger partial charge in [0.1, 0.15) is 35.4 Å². The molecular weight excluding hydrogens is 1300 g/mol. The van der Waals surface area contributed by atoms with E-state index < -0.39 is 51.7 Å². The third-order valence-corrected chi connectivity index (χ3v) is 18.8. The summed E-state index contributed by atoms with van der Waals surface area (Å²) in [5.74, 6) is 3.05. The fourth-order valence-electron chi connectivity index (χ4n) is 9.39. The van der Waals surface area contributed by atoms with Gasteiger partial charge in [-0.3, -0.25) is 8.37 Å². The molecule has 0 spiro atoms. The van der Waals surface area contributed by atoms with Crippen molar-refractivity contribution in [1.29, 1.82) is 0 Å². The highest BCUT2D eigenvalue weighted by molar-refractivity contribution is 9.08. The van der Waals surface area contributed by atoms with Gasteiger partial charge < -0.3 is 33.5 Å². The summed E-state index contributed by atoms with van der Waals surface area (Å²) < 4.78 is 119. The minimum absolute atomic E-state index is 0.0357. The number of phenolic OH excluding ortho intramolecular Hbond substituents is 2. The molecule has 7 aromatic rings. The van der Waals surface area contributed by atoms with Gasteiger partial charge in [0.25, 0.3) is 20.2 Å². The maximum absolute atomic E-state index is 12.5. The van der Waals surface area contributed by atoms with Gasteiger partial charge in [0.15, 0.2) is 0 Å². The average Bonchev–Trinajstić information content (AvgIpc) is 3.56. The molecule has 7 aromatic carbocycles. The summed E-state index contributed by atoms with van der Waals surface area (Å²) in [7, 11) is -14.7. The Morgan fingerprint density at radius 3 is 1.03 bits per heavy atom. The summed E-state index contributed by atoms with van der Waals surface area (Å²) in [5, 5.41) is 39.2.